The van der Waals surface area contributed by atoms with Gasteiger partial charge in [0.25, 0.3) is 0 Å². The molecule has 12 heteroatoms. The Morgan fingerprint density at radius 2 is 1.48 bits per heavy atom. The number of methoxy groups -OCH3 is 1. The van der Waals surface area contributed by atoms with Crippen LogP contribution in [-0.4, -0.2) is 72.9 Å². The lowest BCUT2D eigenvalue weighted by atomic mass is 9.73. The van der Waals surface area contributed by atoms with Crippen molar-refractivity contribution in [3.63, 3.8) is 0 Å². The molecule has 42 heavy (non-hydrogen) atoms. The topological polar surface area (TPSA) is 94.0 Å². The molecule has 0 radical (unpaired) electrons. The second-order valence-corrected chi connectivity index (χ2v) is 22.2. The zero-order chi connectivity index (χ0) is 30.9. The summed E-state index contributed by atoms with van der Waals surface area (Å²) >= 11 is 3.84. The molecule has 1 aliphatic carbocycles. The minimum Gasteiger partial charge on any atom is -0.492 e. The van der Waals surface area contributed by atoms with Crippen molar-refractivity contribution in [2.75, 3.05) is 13.9 Å². The smallest absolute Gasteiger partial charge is 0.235 e. The van der Waals surface area contributed by atoms with E-state index in [4.69, 9.17) is 32.5 Å². The number of hydrogen-bond donors (Lipinski definition) is 0. The standard InChI is InChI=1S/C30H48BrNO8Si2/c1-10-41(11-2,12-3)39-25-21(19-16-20-24(36-18-35-20)26(34-9)22(19)31)23(32-17-33)27-28(38-30(7,8)37-27)29(25)40-42(13-4,14-5)15-6/h16,21,23,25,27-29H,10-15,18H2,1-9H3/t21-,23-,25-,27+,28+,29+/m1/s1. The molecule has 0 aromatic heterocycles. The predicted molar refractivity (Wildman–Crippen MR) is 169 cm³/mol. The van der Waals surface area contributed by atoms with E-state index in [2.05, 4.69) is 62.5 Å². The minimum absolute atomic E-state index is 0.0961. The van der Waals surface area contributed by atoms with Crippen molar-refractivity contribution >= 4 is 38.6 Å². The van der Waals surface area contributed by atoms with Crippen molar-refractivity contribution in [3.8, 4) is 17.2 Å². The van der Waals surface area contributed by atoms with Crippen LogP contribution in [0.3, 0.4) is 0 Å². The molecular formula is C30H48BrNO8Si2. The van der Waals surface area contributed by atoms with Crippen LogP contribution in [0.25, 0.3) is 0 Å². The lowest BCUT2D eigenvalue weighted by molar-refractivity contribution is -0.157. The van der Waals surface area contributed by atoms with Crippen LogP contribution >= 0.6 is 15.9 Å². The van der Waals surface area contributed by atoms with Crippen molar-refractivity contribution in [1.29, 1.82) is 0 Å². The number of isocyanates is 1. The summed E-state index contributed by atoms with van der Waals surface area (Å²) in [6.07, 6.45) is -0.0370. The van der Waals surface area contributed by atoms with E-state index in [1.54, 1.807) is 7.11 Å². The first-order valence-corrected chi connectivity index (χ1v) is 21.3. The number of aliphatic imine (C=N–C) groups is 1. The number of benzene rings is 1. The summed E-state index contributed by atoms with van der Waals surface area (Å²) in [5, 5.41) is 0. The van der Waals surface area contributed by atoms with Crippen LogP contribution < -0.4 is 14.2 Å². The molecule has 2 heterocycles. The molecule has 4 rings (SSSR count). The molecule has 0 amide bonds. The fourth-order valence-electron chi connectivity index (χ4n) is 6.99. The Bertz CT molecular complexity index is 1140. The first-order chi connectivity index (χ1) is 20.0. The molecule has 1 aromatic carbocycles. The lowest BCUT2D eigenvalue weighted by Gasteiger charge is -2.51. The molecular weight excluding hydrogens is 638 g/mol. The molecule has 1 aromatic rings. The van der Waals surface area contributed by atoms with Gasteiger partial charge in [0, 0.05) is 5.92 Å². The van der Waals surface area contributed by atoms with E-state index in [-0.39, 0.29) is 6.79 Å². The van der Waals surface area contributed by atoms with Gasteiger partial charge in [-0.15, -0.1) is 0 Å². The molecule has 2 aliphatic heterocycles. The zero-order valence-electron chi connectivity index (χ0n) is 26.6. The maximum atomic E-state index is 12.1. The largest absolute Gasteiger partial charge is 0.492 e. The molecule has 3 aliphatic rings. The van der Waals surface area contributed by atoms with Crippen molar-refractivity contribution in [2.45, 2.75) is 134 Å². The summed E-state index contributed by atoms with van der Waals surface area (Å²) in [6.45, 7) is 17.2. The fourth-order valence-corrected chi connectivity index (χ4v) is 13.4. The number of carbonyl (C=O) groups excluding carboxylic acids is 1. The average Bonchev–Trinajstić information content (AvgIpc) is 3.59. The van der Waals surface area contributed by atoms with Gasteiger partial charge in [-0.25, -0.2) is 4.79 Å². The molecule has 0 bridgehead atoms. The van der Waals surface area contributed by atoms with Crippen LogP contribution in [0.4, 0.5) is 0 Å². The Morgan fingerprint density at radius 3 is 2.00 bits per heavy atom. The highest BCUT2D eigenvalue weighted by atomic mass is 79.9. The Kier molecular flexibility index (Phi) is 10.7. The van der Waals surface area contributed by atoms with E-state index in [0.29, 0.717) is 21.7 Å². The molecule has 0 unspecified atom stereocenters. The van der Waals surface area contributed by atoms with Gasteiger partial charge in [-0.3, -0.25) is 0 Å². The minimum atomic E-state index is -2.22. The van der Waals surface area contributed by atoms with Gasteiger partial charge >= 0.3 is 0 Å². The highest BCUT2D eigenvalue weighted by Crippen LogP contribution is 2.55. The van der Waals surface area contributed by atoms with E-state index in [9.17, 15) is 4.79 Å². The third kappa shape index (κ3) is 6.02. The monoisotopic (exact) mass is 685 g/mol. The summed E-state index contributed by atoms with van der Waals surface area (Å²) in [4.78, 5) is 16.5. The normalized spacial score (nSPS) is 28.3. The Morgan fingerprint density at radius 1 is 0.929 bits per heavy atom. The van der Waals surface area contributed by atoms with Crippen LogP contribution in [0.15, 0.2) is 15.5 Å². The van der Waals surface area contributed by atoms with E-state index < -0.39 is 58.8 Å². The highest BCUT2D eigenvalue weighted by molar-refractivity contribution is 9.10. The predicted octanol–water partition coefficient (Wildman–Crippen LogP) is 7.29. The van der Waals surface area contributed by atoms with Crippen molar-refractivity contribution < 1.29 is 37.3 Å². The summed E-state index contributed by atoms with van der Waals surface area (Å²) < 4.78 is 46.2. The average molecular weight is 687 g/mol. The first kappa shape index (κ1) is 33.6. The van der Waals surface area contributed by atoms with Crippen LogP contribution in [0.1, 0.15) is 66.9 Å². The molecule has 0 spiro atoms. The van der Waals surface area contributed by atoms with E-state index in [0.717, 1.165) is 41.8 Å². The van der Waals surface area contributed by atoms with Gasteiger partial charge in [0.15, 0.2) is 33.9 Å². The number of ether oxygens (including phenoxy) is 5. The molecule has 1 saturated heterocycles. The third-order valence-corrected chi connectivity index (χ3v) is 20.0. The van der Waals surface area contributed by atoms with Crippen LogP contribution in [-0.2, 0) is 23.1 Å². The number of fused-ring (bicyclic) bond motifs is 2. The molecule has 236 valence electrons. The first-order valence-electron chi connectivity index (χ1n) is 15.5. The number of nitrogens with zero attached hydrogens (tertiary/aromatic N) is 1. The van der Waals surface area contributed by atoms with Gasteiger partial charge in [0.2, 0.25) is 18.6 Å². The van der Waals surface area contributed by atoms with Gasteiger partial charge in [-0.05, 0) is 77.7 Å². The van der Waals surface area contributed by atoms with E-state index in [1.165, 1.54) is 0 Å². The number of rotatable bonds is 13. The highest BCUT2D eigenvalue weighted by Gasteiger charge is 2.62. The van der Waals surface area contributed by atoms with Gasteiger partial charge in [0.1, 0.15) is 18.2 Å². The van der Waals surface area contributed by atoms with Crippen LogP contribution in [0, 0.1) is 0 Å². The van der Waals surface area contributed by atoms with E-state index >= 15 is 0 Å². The summed E-state index contributed by atoms with van der Waals surface area (Å²) in [7, 11) is -2.79. The second-order valence-electron chi connectivity index (χ2n) is 12.0. The van der Waals surface area contributed by atoms with Crippen molar-refractivity contribution in [1.82, 2.24) is 0 Å². The van der Waals surface area contributed by atoms with Crippen LogP contribution in [0.5, 0.6) is 17.2 Å². The number of hydrogen-bond acceptors (Lipinski definition) is 9. The second kappa shape index (κ2) is 13.4. The van der Waals surface area contributed by atoms with Crippen molar-refractivity contribution in [2.24, 2.45) is 4.99 Å². The van der Waals surface area contributed by atoms with Gasteiger partial charge in [-0.1, -0.05) is 41.5 Å². The fraction of sp³-hybridized carbons (Fsp3) is 0.767. The Hall–Kier alpha value is -1.25. The van der Waals surface area contributed by atoms with Gasteiger partial charge < -0.3 is 32.5 Å². The third-order valence-electron chi connectivity index (χ3n) is 9.86. The van der Waals surface area contributed by atoms with Crippen LogP contribution in [0.2, 0.25) is 36.3 Å². The van der Waals surface area contributed by atoms with E-state index in [1.807, 2.05) is 26.0 Å². The zero-order valence-corrected chi connectivity index (χ0v) is 30.2. The molecule has 1 saturated carbocycles. The summed E-state index contributed by atoms with van der Waals surface area (Å²) in [6, 6.07) is 7.12. The lowest BCUT2D eigenvalue weighted by Crippen LogP contribution is -2.64. The quantitative estimate of drug-likeness (QED) is 0.121. The Labute approximate surface area is 261 Å². The molecule has 2 fully saturated rings. The number of halogens is 1. The SMILES string of the molecule is CC[Si](CC)(CC)O[C@@H]1[C@H]2OC(C)(C)O[C@H]2[C@H](N=C=O)[C@@H](c2cc3c(c(OC)c2Br)OCO3)[C@H]1O[Si](CC)(CC)CC. The van der Waals surface area contributed by atoms with Crippen molar-refractivity contribution in [3.05, 3.63) is 16.1 Å². The Balaban J connectivity index is 2.01. The summed E-state index contributed by atoms with van der Waals surface area (Å²) in [5.41, 5.74) is 0.841. The molecule has 9 nitrogen and oxygen atoms in total. The molecule has 0 N–H and O–H groups in total. The maximum Gasteiger partial charge on any atom is 0.235 e. The van der Waals surface area contributed by atoms with Gasteiger partial charge in [0.05, 0.1) is 23.8 Å². The summed E-state index contributed by atoms with van der Waals surface area (Å²) in [5.74, 6) is 0.311. The molecule has 6 atom stereocenters. The van der Waals surface area contributed by atoms with Gasteiger partial charge in [-0.2, -0.15) is 4.99 Å². The maximum absolute atomic E-state index is 12.1.